The molecule has 1 saturated carbocycles. The Labute approximate surface area is 123 Å². The lowest BCUT2D eigenvalue weighted by atomic mass is 9.75. The molecule has 4 nitrogen and oxygen atoms in total. The van der Waals surface area contributed by atoms with E-state index >= 15 is 0 Å². The van der Waals surface area contributed by atoms with Crippen molar-refractivity contribution in [3.63, 3.8) is 0 Å². The van der Waals surface area contributed by atoms with Crippen molar-refractivity contribution in [2.24, 2.45) is 5.92 Å². The van der Waals surface area contributed by atoms with Crippen LogP contribution in [0.15, 0.2) is 45.6 Å². The third-order valence-corrected chi connectivity index (χ3v) is 4.20. The lowest BCUT2D eigenvalue weighted by Crippen LogP contribution is -2.27. The maximum absolute atomic E-state index is 12.3. The topological polar surface area (TPSA) is 60.4 Å². The Hall–Kier alpha value is -2.10. The van der Waals surface area contributed by atoms with Crippen molar-refractivity contribution in [1.29, 1.82) is 0 Å². The minimum absolute atomic E-state index is 0.0835. The van der Waals surface area contributed by atoms with Crippen molar-refractivity contribution in [2.45, 2.75) is 38.0 Å². The molecule has 0 spiro atoms. The van der Waals surface area contributed by atoms with Gasteiger partial charge >= 0.3 is 0 Å². The maximum atomic E-state index is 12.3. The molecular formula is C17H18O4. The molecule has 2 aromatic rings. The fourth-order valence-electron chi connectivity index (χ4n) is 3.12. The molecule has 1 aliphatic carbocycles. The second kappa shape index (κ2) is 6.12. The average molecular weight is 286 g/mol. The molecule has 21 heavy (non-hydrogen) atoms. The van der Waals surface area contributed by atoms with Gasteiger partial charge in [0.05, 0.1) is 12.5 Å². The summed E-state index contributed by atoms with van der Waals surface area (Å²) in [5, 5.41) is 0. The molecule has 2 atom stereocenters. The molecule has 0 bridgehead atoms. The molecular weight excluding hydrogens is 268 g/mol. The molecule has 3 rings (SSSR count). The second-order valence-electron chi connectivity index (χ2n) is 5.55. The third kappa shape index (κ3) is 2.99. The summed E-state index contributed by atoms with van der Waals surface area (Å²) in [5.41, 5.74) is 0. The molecule has 2 aromatic heterocycles. The number of Topliss-reactive ketones (excluding diaryl/α,β-unsaturated/α-hetero) is 2. The monoisotopic (exact) mass is 286 g/mol. The van der Waals surface area contributed by atoms with Crippen LogP contribution in [0.25, 0.3) is 0 Å². The number of carbonyl (C=O) groups is 2. The Morgan fingerprint density at radius 3 is 2.67 bits per heavy atom. The van der Waals surface area contributed by atoms with Crippen LogP contribution in [0.1, 0.15) is 54.3 Å². The highest BCUT2D eigenvalue weighted by Crippen LogP contribution is 2.37. The van der Waals surface area contributed by atoms with Crippen molar-refractivity contribution in [3.8, 4) is 0 Å². The zero-order valence-electron chi connectivity index (χ0n) is 11.8. The zero-order valence-corrected chi connectivity index (χ0v) is 11.8. The summed E-state index contributed by atoms with van der Waals surface area (Å²) in [6, 6.07) is 7.00. The third-order valence-electron chi connectivity index (χ3n) is 4.20. The normalized spacial score (nSPS) is 20.4. The summed E-state index contributed by atoms with van der Waals surface area (Å²) in [6.45, 7) is 0. The molecule has 2 heterocycles. The van der Waals surface area contributed by atoms with Gasteiger partial charge in [0.2, 0.25) is 0 Å². The van der Waals surface area contributed by atoms with E-state index in [0.717, 1.165) is 25.0 Å². The number of furan rings is 2. The fourth-order valence-corrected chi connectivity index (χ4v) is 3.12. The summed E-state index contributed by atoms with van der Waals surface area (Å²) >= 11 is 0. The van der Waals surface area contributed by atoms with Crippen LogP contribution in [-0.4, -0.2) is 11.6 Å². The highest BCUT2D eigenvalue weighted by molar-refractivity contribution is 5.94. The highest BCUT2D eigenvalue weighted by atomic mass is 16.3. The van der Waals surface area contributed by atoms with E-state index in [4.69, 9.17) is 8.83 Å². The van der Waals surface area contributed by atoms with Crippen LogP contribution >= 0.6 is 0 Å². The molecule has 1 aliphatic rings. The first-order valence-electron chi connectivity index (χ1n) is 7.38. The lowest BCUT2D eigenvalue weighted by molar-refractivity contribution is -0.125. The summed E-state index contributed by atoms with van der Waals surface area (Å²) in [6.07, 6.45) is 6.74. The van der Waals surface area contributed by atoms with Gasteiger partial charge in [0.1, 0.15) is 11.5 Å². The van der Waals surface area contributed by atoms with E-state index in [1.54, 1.807) is 24.5 Å². The fraction of sp³-hybridized carbons (Fsp3) is 0.412. The van der Waals surface area contributed by atoms with Crippen molar-refractivity contribution in [1.82, 2.24) is 0 Å². The number of carbonyl (C=O) groups excluding carboxylic acids is 2. The summed E-state index contributed by atoms with van der Waals surface area (Å²) in [5.74, 6) is 0.911. The Morgan fingerprint density at radius 2 is 2.00 bits per heavy atom. The molecule has 0 unspecified atom stereocenters. The zero-order chi connectivity index (χ0) is 14.7. The summed E-state index contributed by atoms with van der Waals surface area (Å²) in [4.78, 5) is 24.5. The van der Waals surface area contributed by atoms with Gasteiger partial charge in [0.25, 0.3) is 0 Å². The van der Waals surface area contributed by atoms with Crippen molar-refractivity contribution < 1.29 is 18.4 Å². The van der Waals surface area contributed by atoms with Crippen LogP contribution in [0.4, 0.5) is 0 Å². The Kier molecular flexibility index (Phi) is 4.04. The van der Waals surface area contributed by atoms with Gasteiger partial charge in [-0.1, -0.05) is 6.42 Å². The Bertz CT molecular complexity index is 595. The minimum Gasteiger partial charge on any atom is -0.469 e. The number of hydrogen-bond donors (Lipinski definition) is 0. The predicted molar refractivity (Wildman–Crippen MR) is 76.1 cm³/mol. The molecule has 0 aromatic carbocycles. The van der Waals surface area contributed by atoms with Crippen LogP contribution < -0.4 is 0 Å². The molecule has 0 radical (unpaired) electrons. The van der Waals surface area contributed by atoms with Crippen molar-refractivity contribution in [3.05, 3.63) is 48.3 Å². The summed E-state index contributed by atoms with van der Waals surface area (Å²) < 4.78 is 10.6. The van der Waals surface area contributed by atoms with Crippen molar-refractivity contribution in [2.75, 3.05) is 0 Å². The smallest absolute Gasteiger partial charge is 0.198 e. The van der Waals surface area contributed by atoms with Gasteiger partial charge in [-0.05, 0) is 37.1 Å². The number of ketones is 2. The van der Waals surface area contributed by atoms with Crippen LogP contribution in [0.3, 0.4) is 0 Å². The molecule has 4 heteroatoms. The first-order chi connectivity index (χ1) is 10.3. The highest BCUT2D eigenvalue weighted by Gasteiger charge is 2.34. The van der Waals surface area contributed by atoms with E-state index in [-0.39, 0.29) is 29.8 Å². The standard InChI is InChI=1S/C17H18O4/c18-14-6-2-1-5-12(14)13(16-7-3-9-20-16)11-15(19)17-8-4-10-21-17/h3-4,7-10,12-13H,1-2,5-6,11H2/t12-,13-/m0/s1. The largest absolute Gasteiger partial charge is 0.469 e. The summed E-state index contributed by atoms with van der Waals surface area (Å²) in [7, 11) is 0. The van der Waals surface area contributed by atoms with Gasteiger partial charge in [-0.15, -0.1) is 0 Å². The lowest BCUT2D eigenvalue weighted by Gasteiger charge is -2.27. The maximum Gasteiger partial charge on any atom is 0.198 e. The van der Waals surface area contributed by atoms with Crippen LogP contribution in [0.5, 0.6) is 0 Å². The molecule has 0 amide bonds. The Morgan fingerprint density at radius 1 is 1.19 bits per heavy atom. The minimum atomic E-state index is -0.189. The molecule has 0 aliphatic heterocycles. The van der Waals surface area contributed by atoms with Crippen LogP contribution in [0.2, 0.25) is 0 Å². The van der Waals surface area contributed by atoms with Crippen molar-refractivity contribution >= 4 is 11.6 Å². The van der Waals surface area contributed by atoms with Gasteiger partial charge in [-0.2, -0.15) is 0 Å². The number of rotatable bonds is 5. The first kappa shape index (κ1) is 13.9. The number of hydrogen-bond acceptors (Lipinski definition) is 4. The van der Waals surface area contributed by atoms with E-state index in [1.165, 1.54) is 6.26 Å². The molecule has 0 N–H and O–H groups in total. The van der Waals surface area contributed by atoms with E-state index in [0.29, 0.717) is 12.2 Å². The van der Waals surface area contributed by atoms with Gasteiger partial charge in [0.15, 0.2) is 11.5 Å². The second-order valence-corrected chi connectivity index (χ2v) is 5.55. The quantitative estimate of drug-likeness (QED) is 0.780. The molecule has 0 saturated heterocycles. The first-order valence-corrected chi connectivity index (χ1v) is 7.38. The molecule has 1 fully saturated rings. The SMILES string of the molecule is O=C(C[C@H](c1ccco1)[C@@H]1CCCCC1=O)c1ccco1. The van der Waals surface area contributed by atoms with E-state index in [1.807, 2.05) is 6.07 Å². The van der Waals surface area contributed by atoms with Gasteiger partial charge in [0, 0.05) is 24.7 Å². The molecule has 110 valence electrons. The Balaban J connectivity index is 1.83. The van der Waals surface area contributed by atoms with E-state index < -0.39 is 0 Å². The predicted octanol–water partition coefficient (Wildman–Crippen LogP) is 3.99. The van der Waals surface area contributed by atoms with Gasteiger partial charge < -0.3 is 8.83 Å². The van der Waals surface area contributed by atoms with E-state index in [2.05, 4.69) is 0 Å². The van der Waals surface area contributed by atoms with Crippen LogP contribution in [0, 0.1) is 5.92 Å². The van der Waals surface area contributed by atoms with Gasteiger partial charge in [-0.25, -0.2) is 0 Å². The average Bonchev–Trinajstić information content (AvgIpc) is 3.18. The van der Waals surface area contributed by atoms with Crippen LogP contribution in [-0.2, 0) is 4.79 Å². The van der Waals surface area contributed by atoms with Gasteiger partial charge in [-0.3, -0.25) is 9.59 Å². The van der Waals surface area contributed by atoms with E-state index in [9.17, 15) is 9.59 Å².